The standard InChI is InChI=1S/C17H23N5OS/c1-10-9-15(24-22-10)21-14-8-4-7-13(16(14)17(19)23)20-12-6-3-2-5-11(12)18/h4,7-9,11-12,20-21H,2-3,5-6,18H2,1H3,(H2,19,23). The number of aromatic nitrogens is 1. The Morgan fingerprint density at radius 3 is 2.71 bits per heavy atom. The van der Waals surface area contributed by atoms with Crippen molar-refractivity contribution in [2.75, 3.05) is 10.6 Å². The van der Waals surface area contributed by atoms with Gasteiger partial charge in [0.15, 0.2) is 0 Å². The molecule has 0 aliphatic heterocycles. The molecule has 1 aromatic carbocycles. The predicted octanol–water partition coefficient (Wildman–Crippen LogP) is 2.98. The molecule has 1 aromatic heterocycles. The number of benzene rings is 1. The Labute approximate surface area is 145 Å². The summed E-state index contributed by atoms with van der Waals surface area (Å²) in [5.41, 5.74) is 14.7. The molecule has 1 amide bonds. The van der Waals surface area contributed by atoms with Crippen LogP contribution in [0, 0.1) is 6.92 Å². The number of hydrogen-bond acceptors (Lipinski definition) is 6. The van der Waals surface area contributed by atoms with Crippen molar-refractivity contribution in [1.82, 2.24) is 4.37 Å². The number of hydrogen-bond donors (Lipinski definition) is 4. The van der Waals surface area contributed by atoms with E-state index in [-0.39, 0.29) is 12.1 Å². The van der Waals surface area contributed by atoms with E-state index in [1.165, 1.54) is 11.5 Å². The molecule has 1 heterocycles. The molecule has 1 saturated carbocycles. The highest BCUT2D eigenvalue weighted by Gasteiger charge is 2.24. The van der Waals surface area contributed by atoms with Crippen LogP contribution < -0.4 is 22.1 Å². The van der Waals surface area contributed by atoms with Crippen LogP contribution in [0.5, 0.6) is 0 Å². The van der Waals surface area contributed by atoms with Crippen molar-refractivity contribution in [2.24, 2.45) is 11.5 Å². The van der Waals surface area contributed by atoms with Crippen molar-refractivity contribution in [1.29, 1.82) is 0 Å². The third kappa shape index (κ3) is 3.68. The summed E-state index contributed by atoms with van der Waals surface area (Å²) in [7, 11) is 0. The number of primary amides is 1. The van der Waals surface area contributed by atoms with Crippen LogP contribution >= 0.6 is 11.5 Å². The second kappa shape index (κ2) is 7.19. The fourth-order valence-corrected chi connectivity index (χ4v) is 3.81. The number of nitrogens with two attached hydrogens (primary N) is 2. The van der Waals surface area contributed by atoms with Gasteiger partial charge in [0, 0.05) is 17.8 Å². The van der Waals surface area contributed by atoms with Crippen molar-refractivity contribution in [3.05, 3.63) is 35.5 Å². The van der Waals surface area contributed by atoms with Gasteiger partial charge in [0.25, 0.3) is 5.91 Å². The largest absolute Gasteiger partial charge is 0.380 e. The number of nitrogens with zero attached hydrogens (tertiary/aromatic N) is 1. The number of anilines is 3. The SMILES string of the molecule is Cc1cc(Nc2cccc(NC3CCCCC3N)c2C(N)=O)sn1. The predicted molar refractivity (Wildman–Crippen MR) is 98.9 cm³/mol. The third-order valence-electron chi connectivity index (χ3n) is 4.36. The van der Waals surface area contributed by atoms with Gasteiger partial charge < -0.3 is 22.1 Å². The summed E-state index contributed by atoms with van der Waals surface area (Å²) in [5.74, 6) is -0.466. The lowest BCUT2D eigenvalue weighted by atomic mass is 9.90. The molecule has 1 fully saturated rings. The van der Waals surface area contributed by atoms with Crippen LogP contribution in [0.2, 0.25) is 0 Å². The molecule has 6 N–H and O–H groups in total. The molecule has 0 spiro atoms. The number of carbonyl (C=O) groups excluding carboxylic acids is 1. The first-order chi connectivity index (χ1) is 11.5. The van der Waals surface area contributed by atoms with Crippen LogP contribution in [0.15, 0.2) is 24.3 Å². The Balaban J connectivity index is 1.88. The molecule has 1 aliphatic rings. The number of rotatable bonds is 5. The Hall–Kier alpha value is -2.12. The maximum atomic E-state index is 12.1. The van der Waals surface area contributed by atoms with Crippen LogP contribution in [0.25, 0.3) is 0 Å². The highest BCUT2D eigenvalue weighted by Crippen LogP contribution is 2.31. The maximum absolute atomic E-state index is 12.1. The van der Waals surface area contributed by atoms with E-state index in [0.29, 0.717) is 11.3 Å². The van der Waals surface area contributed by atoms with E-state index in [4.69, 9.17) is 11.5 Å². The molecule has 1 aliphatic carbocycles. The second-order valence-electron chi connectivity index (χ2n) is 6.25. The van der Waals surface area contributed by atoms with Crippen molar-refractivity contribution in [2.45, 2.75) is 44.7 Å². The van der Waals surface area contributed by atoms with Gasteiger partial charge in [-0.2, -0.15) is 4.37 Å². The molecule has 24 heavy (non-hydrogen) atoms. The molecule has 6 nitrogen and oxygen atoms in total. The zero-order chi connectivity index (χ0) is 17.1. The van der Waals surface area contributed by atoms with E-state index in [2.05, 4.69) is 15.0 Å². The quantitative estimate of drug-likeness (QED) is 0.666. The zero-order valence-corrected chi connectivity index (χ0v) is 14.5. The average molecular weight is 345 g/mol. The van der Waals surface area contributed by atoms with Gasteiger partial charge in [-0.25, -0.2) is 0 Å². The minimum Gasteiger partial charge on any atom is -0.380 e. The van der Waals surface area contributed by atoms with Crippen molar-refractivity contribution < 1.29 is 4.79 Å². The fraction of sp³-hybridized carbons (Fsp3) is 0.412. The number of aryl methyl sites for hydroxylation is 1. The smallest absolute Gasteiger partial charge is 0.252 e. The summed E-state index contributed by atoms with van der Waals surface area (Å²) < 4.78 is 4.24. The number of amides is 1. The van der Waals surface area contributed by atoms with Gasteiger partial charge in [-0.05, 0) is 49.5 Å². The fourth-order valence-electron chi connectivity index (χ4n) is 3.14. The summed E-state index contributed by atoms with van der Waals surface area (Å²) >= 11 is 1.35. The molecule has 2 unspecified atom stereocenters. The normalized spacial score (nSPS) is 20.6. The summed E-state index contributed by atoms with van der Waals surface area (Å²) in [4.78, 5) is 12.1. The first-order valence-corrected chi connectivity index (χ1v) is 8.97. The van der Waals surface area contributed by atoms with Gasteiger partial charge in [0.1, 0.15) is 5.00 Å². The Morgan fingerprint density at radius 1 is 1.29 bits per heavy atom. The highest BCUT2D eigenvalue weighted by atomic mass is 32.1. The second-order valence-corrected chi connectivity index (χ2v) is 7.05. The van der Waals surface area contributed by atoms with E-state index in [1.807, 2.05) is 31.2 Å². The molecule has 2 atom stereocenters. The highest BCUT2D eigenvalue weighted by molar-refractivity contribution is 7.10. The van der Waals surface area contributed by atoms with Gasteiger partial charge in [-0.3, -0.25) is 4.79 Å². The topological polar surface area (TPSA) is 106 Å². The average Bonchev–Trinajstić information content (AvgIpc) is 2.94. The first-order valence-electron chi connectivity index (χ1n) is 8.20. The van der Waals surface area contributed by atoms with Gasteiger partial charge in [0.05, 0.1) is 16.9 Å². The van der Waals surface area contributed by atoms with E-state index in [1.54, 1.807) is 0 Å². The summed E-state index contributed by atoms with van der Waals surface area (Å²) in [6.45, 7) is 1.93. The minimum atomic E-state index is -0.466. The zero-order valence-electron chi connectivity index (χ0n) is 13.7. The van der Waals surface area contributed by atoms with Gasteiger partial charge in [-0.15, -0.1) is 0 Å². The minimum absolute atomic E-state index is 0.0974. The molecule has 0 radical (unpaired) electrons. The number of nitrogens with one attached hydrogen (secondary N) is 2. The molecule has 0 bridgehead atoms. The van der Waals surface area contributed by atoms with Crippen LogP contribution in [0.3, 0.4) is 0 Å². The van der Waals surface area contributed by atoms with E-state index < -0.39 is 5.91 Å². The molecular formula is C17H23N5OS. The first kappa shape index (κ1) is 16.7. The van der Waals surface area contributed by atoms with Crippen LogP contribution in [0.4, 0.5) is 16.4 Å². The van der Waals surface area contributed by atoms with Gasteiger partial charge in [-0.1, -0.05) is 18.9 Å². The Bertz CT molecular complexity index is 730. The van der Waals surface area contributed by atoms with Crippen LogP contribution in [-0.2, 0) is 0 Å². The molecule has 2 aromatic rings. The van der Waals surface area contributed by atoms with Gasteiger partial charge in [0.2, 0.25) is 0 Å². The lowest BCUT2D eigenvalue weighted by Gasteiger charge is -2.31. The summed E-state index contributed by atoms with van der Waals surface area (Å²) in [6, 6.07) is 7.83. The lowest BCUT2D eigenvalue weighted by molar-refractivity contribution is 0.100. The molecule has 7 heteroatoms. The van der Waals surface area contributed by atoms with Crippen LogP contribution in [-0.4, -0.2) is 22.4 Å². The van der Waals surface area contributed by atoms with E-state index in [9.17, 15) is 4.79 Å². The maximum Gasteiger partial charge on any atom is 0.252 e. The molecular weight excluding hydrogens is 322 g/mol. The van der Waals surface area contributed by atoms with Crippen molar-refractivity contribution >= 4 is 33.8 Å². The third-order valence-corrected chi connectivity index (χ3v) is 5.15. The lowest BCUT2D eigenvalue weighted by Crippen LogP contribution is -2.43. The number of carbonyl (C=O) groups is 1. The van der Waals surface area contributed by atoms with Crippen LogP contribution in [0.1, 0.15) is 41.7 Å². The van der Waals surface area contributed by atoms with Crippen molar-refractivity contribution in [3.8, 4) is 0 Å². The van der Waals surface area contributed by atoms with E-state index >= 15 is 0 Å². The van der Waals surface area contributed by atoms with Gasteiger partial charge >= 0.3 is 0 Å². The Kier molecular flexibility index (Phi) is 5.01. The molecule has 128 valence electrons. The monoisotopic (exact) mass is 345 g/mol. The molecule has 3 rings (SSSR count). The summed E-state index contributed by atoms with van der Waals surface area (Å²) in [5, 5.41) is 7.56. The van der Waals surface area contributed by atoms with Crippen molar-refractivity contribution in [3.63, 3.8) is 0 Å². The van der Waals surface area contributed by atoms with E-state index in [0.717, 1.165) is 42.1 Å². The Morgan fingerprint density at radius 2 is 2.04 bits per heavy atom. The summed E-state index contributed by atoms with van der Waals surface area (Å²) in [6.07, 6.45) is 4.32. The molecule has 0 saturated heterocycles.